The topological polar surface area (TPSA) is 66.8 Å². The summed E-state index contributed by atoms with van der Waals surface area (Å²) in [6.45, 7) is 2.43. The second-order valence-corrected chi connectivity index (χ2v) is 6.48. The van der Waals surface area contributed by atoms with Crippen molar-refractivity contribution in [2.75, 3.05) is 20.2 Å². The van der Waals surface area contributed by atoms with Gasteiger partial charge in [-0.1, -0.05) is 15.9 Å². The number of carboxylic acid groups (broad SMARTS) is 1. The molecule has 21 heavy (non-hydrogen) atoms. The van der Waals surface area contributed by atoms with E-state index >= 15 is 0 Å². The summed E-state index contributed by atoms with van der Waals surface area (Å²) in [6.07, 6.45) is 0.696. The number of carbonyl (C=O) groups excluding carboxylic acids is 1. The molecule has 1 atom stereocenters. The molecular formula is C15H18BrNO4. The van der Waals surface area contributed by atoms with Crippen LogP contribution in [-0.2, 0) is 16.0 Å². The monoisotopic (exact) mass is 355 g/mol. The zero-order chi connectivity index (χ0) is 15.6. The van der Waals surface area contributed by atoms with Crippen molar-refractivity contribution >= 4 is 27.8 Å². The van der Waals surface area contributed by atoms with Gasteiger partial charge in [0, 0.05) is 23.1 Å². The lowest BCUT2D eigenvalue weighted by atomic mass is 9.90. The van der Waals surface area contributed by atoms with Crippen LogP contribution in [-0.4, -0.2) is 42.1 Å². The Morgan fingerprint density at radius 2 is 2.19 bits per heavy atom. The van der Waals surface area contributed by atoms with Crippen molar-refractivity contribution in [1.29, 1.82) is 0 Å². The average molecular weight is 356 g/mol. The zero-order valence-electron chi connectivity index (χ0n) is 12.1. The lowest BCUT2D eigenvalue weighted by molar-refractivity contribution is -0.147. The molecule has 1 fully saturated rings. The molecule has 6 heteroatoms. The third kappa shape index (κ3) is 3.37. The van der Waals surface area contributed by atoms with Crippen molar-refractivity contribution in [3.8, 4) is 5.75 Å². The van der Waals surface area contributed by atoms with Crippen LogP contribution >= 0.6 is 15.9 Å². The molecule has 1 aromatic rings. The predicted molar refractivity (Wildman–Crippen MR) is 81.3 cm³/mol. The quantitative estimate of drug-likeness (QED) is 0.899. The normalized spacial score (nSPS) is 21.4. The number of amides is 1. The Hall–Kier alpha value is -1.56. The highest BCUT2D eigenvalue weighted by atomic mass is 79.9. The van der Waals surface area contributed by atoms with Crippen LogP contribution in [0, 0.1) is 5.41 Å². The first-order valence-corrected chi connectivity index (χ1v) is 7.48. The third-order valence-electron chi connectivity index (χ3n) is 3.93. The highest BCUT2D eigenvalue weighted by molar-refractivity contribution is 9.10. The molecule has 1 amide bonds. The SMILES string of the molecule is COc1ccc(Br)cc1CC(=O)N1CCC(C)(C(=O)O)C1. The second-order valence-electron chi connectivity index (χ2n) is 5.56. The Kier molecular flexibility index (Phi) is 4.56. The Bertz CT molecular complexity index is 575. The number of hydrogen-bond donors (Lipinski definition) is 1. The van der Waals surface area contributed by atoms with Crippen molar-refractivity contribution in [3.63, 3.8) is 0 Å². The number of likely N-dealkylation sites (tertiary alicyclic amines) is 1. The van der Waals surface area contributed by atoms with Gasteiger partial charge in [-0.15, -0.1) is 0 Å². The Balaban J connectivity index is 2.10. The molecule has 0 aliphatic carbocycles. The number of benzene rings is 1. The van der Waals surface area contributed by atoms with Crippen LogP contribution in [0.3, 0.4) is 0 Å². The third-order valence-corrected chi connectivity index (χ3v) is 4.42. The number of nitrogens with zero attached hydrogens (tertiary/aromatic N) is 1. The van der Waals surface area contributed by atoms with Crippen LogP contribution in [0.5, 0.6) is 5.75 Å². The summed E-state index contributed by atoms with van der Waals surface area (Å²) in [5.74, 6) is -0.263. The summed E-state index contributed by atoms with van der Waals surface area (Å²) < 4.78 is 6.14. The van der Waals surface area contributed by atoms with E-state index in [2.05, 4.69) is 15.9 Å². The highest BCUT2D eigenvalue weighted by Crippen LogP contribution is 2.31. The fourth-order valence-electron chi connectivity index (χ4n) is 2.51. The molecule has 1 saturated heterocycles. The molecular weight excluding hydrogens is 338 g/mol. The molecule has 5 nitrogen and oxygen atoms in total. The molecule has 114 valence electrons. The number of aliphatic carboxylic acids is 1. The number of halogens is 1. The minimum Gasteiger partial charge on any atom is -0.496 e. The lowest BCUT2D eigenvalue weighted by Crippen LogP contribution is -2.35. The van der Waals surface area contributed by atoms with E-state index in [-0.39, 0.29) is 18.9 Å². The maximum absolute atomic E-state index is 12.4. The first kappa shape index (κ1) is 15.8. The molecule has 0 saturated carbocycles. The maximum Gasteiger partial charge on any atom is 0.311 e. The number of carbonyl (C=O) groups is 2. The Labute approximate surface area is 132 Å². The summed E-state index contributed by atoms with van der Waals surface area (Å²) in [4.78, 5) is 25.2. The standard InChI is InChI=1S/C15H18BrNO4/c1-15(14(19)20)5-6-17(9-15)13(18)8-10-7-11(16)3-4-12(10)21-2/h3-4,7H,5-6,8-9H2,1-2H3,(H,19,20). The van der Waals surface area contributed by atoms with E-state index in [1.807, 2.05) is 12.1 Å². The van der Waals surface area contributed by atoms with Crippen molar-refractivity contribution in [1.82, 2.24) is 4.90 Å². The van der Waals surface area contributed by atoms with Gasteiger partial charge in [-0.25, -0.2) is 0 Å². The molecule has 0 radical (unpaired) electrons. The molecule has 2 rings (SSSR count). The minimum absolute atomic E-state index is 0.0728. The van der Waals surface area contributed by atoms with E-state index in [1.54, 1.807) is 25.0 Å². The van der Waals surface area contributed by atoms with Crippen molar-refractivity contribution in [2.45, 2.75) is 19.8 Å². The number of carboxylic acids is 1. The van der Waals surface area contributed by atoms with Crippen molar-refractivity contribution < 1.29 is 19.4 Å². The van der Waals surface area contributed by atoms with E-state index in [1.165, 1.54) is 0 Å². The largest absolute Gasteiger partial charge is 0.496 e. The van der Waals surface area contributed by atoms with E-state index in [4.69, 9.17) is 4.74 Å². The van der Waals surface area contributed by atoms with Crippen LogP contribution < -0.4 is 4.74 Å². The highest BCUT2D eigenvalue weighted by Gasteiger charge is 2.42. The van der Waals surface area contributed by atoms with Gasteiger partial charge in [-0.05, 0) is 31.5 Å². The first-order valence-electron chi connectivity index (χ1n) is 6.69. The molecule has 1 aliphatic rings. The van der Waals surface area contributed by atoms with Gasteiger partial charge in [0.05, 0.1) is 18.9 Å². The zero-order valence-corrected chi connectivity index (χ0v) is 13.6. The Morgan fingerprint density at radius 1 is 1.48 bits per heavy atom. The Morgan fingerprint density at radius 3 is 2.76 bits per heavy atom. The van der Waals surface area contributed by atoms with Gasteiger partial charge in [0.1, 0.15) is 5.75 Å². The van der Waals surface area contributed by atoms with E-state index in [0.29, 0.717) is 18.7 Å². The van der Waals surface area contributed by atoms with Gasteiger partial charge in [0.25, 0.3) is 0 Å². The van der Waals surface area contributed by atoms with Gasteiger partial charge in [-0.3, -0.25) is 9.59 Å². The number of rotatable bonds is 4. The van der Waals surface area contributed by atoms with E-state index in [0.717, 1.165) is 10.0 Å². The van der Waals surface area contributed by atoms with Crippen LogP contribution in [0.15, 0.2) is 22.7 Å². The molecule has 1 heterocycles. The predicted octanol–water partition coefficient (Wildman–Crippen LogP) is 2.32. The molecule has 0 bridgehead atoms. The van der Waals surface area contributed by atoms with Crippen LogP contribution in [0.25, 0.3) is 0 Å². The van der Waals surface area contributed by atoms with E-state index in [9.17, 15) is 14.7 Å². The number of hydrogen-bond acceptors (Lipinski definition) is 3. The molecule has 1 unspecified atom stereocenters. The van der Waals surface area contributed by atoms with Crippen LogP contribution in [0.1, 0.15) is 18.9 Å². The van der Waals surface area contributed by atoms with Gasteiger partial charge >= 0.3 is 5.97 Å². The van der Waals surface area contributed by atoms with Gasteiger partial charge in [0.2, 0.25) is 5.91 Å². The number of ether oxygens (including phenoxy) is 1. The van der Waals surface area contributed by atoms with Crippen molar-refractivity contribution in [2.24, 2.45) is 5.41 Å². The molecule has 0 aromatic heterocycles. The molecule has 0 spiro atoms. The fraction of sp³-hybridized carbons (Fsp3) is 0.467. The summed E-state index contributed by atoms with van der Waals surface area (Å²) in [5, 5.41) is 9.22. The first-order chi connectivity index (χ1) is 9.85. The average Bonchev–Trinajstić information content (AvgIpc) is 2.83. The smallest absolute Gasteiger partial charge is 0.311 e. The summed E-state index contributed by atoms with van der Waals surface area (Å²) in [6, 6.07) is 5.51. The number of methoxy groups -OCH3 is 1. The van der Waals surface area contributed by atoms with Crippen LogP contribution in [0.4, 0.5) is 0 Å². The lowest BCUT2D eigenvalue weighted by Gasteiger charge is -2.20. The summed E-state index contributed by atoms with van der Waals surface area (Å²) >= 11 is 3.38. The van der Waals surface area contributed by atoms with Gasteiger partial charge < -0.3 is 14.7 Å². The summed E-state index contributed by atoms with van der Waals surface area (Å²) in [5.41, 5.74) is -0.0439. The minimum atomic E-state index is -0.849. The van der Waals surface area contributed by atoms with Gasteiger partial charge in [-0.2, -0.15) is 0 Å². The molecule has 1 aliphatic heterocycles. The van der Waals surface area contributed by atoms with Gasteiger partial charge in [0.15, 0.2) is 0 Å². The van der Waals surface area contributed by atoms with Crippen LogP contribution in [0.2, 0.25) is 0 Å². The second kappa shape index (κ2) is 6.05. The van der Waals surface area contributed by atoms with Crippen molar-refractivity contribution in [3.05, 3.63) is 28.2 Å². The molecule has 1 aromatic carbocycles. The maximum atomic E-state index is 12.4. The molecule has 1 N–H and O–H groups in total. The fourth-order valence-corrected chi connectivity index (χ4v) is 2.92. The van der Waals surface area contributed by atoms with E-state index < -0.39 is 11.4 Å². The summed E-state index contributed by atoms with van der Waals surface area (Å²) in [7, 11) is 1.56.